The molecule has 1 atom stereocenters. The van der Waals surface area contributed by atoms with Crippen molar-refractivity contribution in [2.45, 2.75) is 19.4 Å². The van der Waals surface area contributed by atoms with Crippen LogP contribution in [0.1, 0.15) is 18.1 Å². The molecule has 4 nitrogen and oxygen atoms in total. The predicted molar refractivity (Wildman–Crippen MR) is 93.5 cm³/mol. The van der Waals surface area contributed by atoms with E-state index in [1.807, 2.05) is 61.5 Å². The Morgan fingerprint density at radius 1 is 1.12 bits per heavy atom. The van der Waals surface area contributed by atoms with Crippen LogP contribution in [0.3, 0.4) is 0 Å². The summed E-state index contributed by atoms with van der Waals surface area (Å²) < 4.78 is 5.08. The molecule has 0 spiro atoms. The van der Waals surface area contributed by atoms with Crippen LogP contribution in [0, 0.1) is 0 Å². The van der Waals surface area contributed by atoms with Gasteiger partial charge in [-0.15, -0.1) is 0 Å². The highest BCUT2D eigenvalue weighted by atomic mass is 16.5. The van der Waals surface area contributed by atoms with Gasteiger partial charge >= 0.3 is 5.97 Å². The SMILES string of the molecule is C[C@H]1Cc2ccccc2N1C(=O)COC(=O)/C=C/c1ccccc1. The number of amides is 1. The maximum Gasteiger partial charge on any atom is 0.331 e. The third-order valence-corrected chi connectivity index (χ3v) is 4.03. The first-order valence-corrected chi connectivity index (χ1v) is 7.95. The Morgan fingerprint density at radius 3 is 2.62 bits per heavy atom. The number of carbonyl (C=O) groups is 2. The quantitative estimate of drug-likeness (QED) is 0.641. The highest BCUT2D eigenvalue weighted by Crippen LogP contribution is 2.31. The normalized spacial score (nSPS) is 16.2. The van der Waals surface area contributed by atoms with Crippen LogP contribution in [0.2, 0.25) is 0 Å². The van der Waals surface area contributed by atoms with Crippen LogP contribution in [0.15, 0.2) is 60.7 Å². The Hall–Kier alpha value is -2.88. The van der Waals surface area contributed by atoms with E-state index in [1.165, 1.54) is 6.08 Å². The number of benzene rings is 2. The van der Waals surface area contributed by atoms with Crippen LogP contribution >= 0.6 is 0 Å². The van der Waals surface area contributed by atoms with Gasteiger partial charge in [-0.2, -0.15) is 0 Å². The highest BCUT2D eigenvalue weighted by Gasteiger charge is 2.30. The number of para-hydroxylation sites is 1. The average molecular weight is 321 g/mol. The number of fused-ring (bicyclic) bond motifs is 1. The van der Waals surface area contributed by atoms with Crippen LogP contribution in [0.25, 0.3) is 6.08 Å². The number of esters is 1. The maximum atomic E-state index is 12.4. The van der Waals surface area contributed by atoms with Gasteiger partial charge in [0.1, 0.15) is 0 Å². The monoisotopic (exact) mass is 321 g/mol. The number of hydrogen-bond donors (Lipinski definition) is 0. The molecule has 0 saturated carbocycles. The van der Waals surface area contributed by atoms with Crippen molar-refractivity contribution in [2.24, 2.45) is 0 Å². The van der Waals surface area contributed by atoms with Crippen molar-refractivity contribution < 1.29 is 14.3 Å². The lowest BCUT2D eigenvalue weighted by molar-refractivity contribution is -0.143. The van der Waals surface area contributed by atoms with Crippen molar-refractivity contribution in [2.75, 3.05) is 11.5 Å². The van der Waals surface area contributed by atoms with Gasteiger partial charge in [0, 0.05) is 17.8 Å². The molecule has 1 aliphatic heterocycles. The first-order chi connectivity index (χ1) is 11.6. The van der Waals surface area contributed by atoms with Crippen molar-refractivity contribution >= 4 is 23.6 Å². The second kappa shape index (κ2) is 7.13. The van der Waals surface area contributed by atoms with Crippen molar-refractivity contribution in [3.63, 3.8) is 0 Å². The second-order valence-corrected chi connectivity index (χ2v) is 5.80. The summed E-state index contributed by atoms with van der Waals surface area (Å²) in [5.41, 5.74) is 2.96. The van der Waals surface area contributed by atoms with Crippen LogP contribution in [-0.4, -0.2) is 24.5 Å². The zero-order chi connectivity index (χ0) is 16.9. The van der Waals surface area contributed by atoms with Gasteiger partial charge in [0.15, 0.2) is 6.61 Å². The van der Waals surface area contributed by atoms with E-state index in [4.69, 9.17) is 4.74 Å². The lowest BCUT2D eigenvalue weighted by Crippen LogP contribution is -2.38. The molecular formula is C20H19NO3. The molecule has 0 aromatic heterocycles. The topological polar surface area (TPSA) is 46.6 Å². The van der Waals surface area contributed by atoms with Gasteiger partial charge < -0.3 is 9.64 Å². The molecule has 1 aliphatic rings. The first-order valence-electron chi connectivity index (χ1n) is 7.95. The summed E-state index contributed by atoms with van der Waals surface area (Å²) in [6, 6.07) is 17.4. The summed E-state index contributed by atoms with van der Waals surface area (Å²) in [5, 5.41) is 0. The molecule has 0 radical (unpaired) electrons. The summed E-state index contributed by atoms with van der Waals surface area (Å²) in [4.78, 5) is 25.9. The standard InChI is InChI=1S/C20H19NO3/c1-15-13-17-9-5-6-10-18(17)21(15)19(22)14-24-20(23)12-11-16-7-3-2-4-8-16/h2-12,15H,13-14H2,1H3/b12-11+/t15-/m0/s1. The fraction of sp³-hybridized carbons (Fsp3) is 0.200. The van der Waals surface area contributed by atoms with Crippen molar-refractivity contribution in [3.8, 4) is 0 Å². The molecule has 0 fully saturated rings. The Morgan fingerprint density at radius 2 is 1.83 bits per heavy atom. The van der Waals surface area contributed by atoms with Gasteiger partial charge in [0.05, 0.1) is 0 Å². The minimum Gasteiger partial charge on any atom is -0.452 e. The Labute approximate surface area is 141 Å². The molecule has 0 aliphatic carbocycles. The van der Waals surface area contributed by atoms with E-state index in [9.17, 15) is 9.59 Å². The zero-order valence-corrected chi connectivity index (χ0v) is 13.5. The van der Waals surface area contributed by atoms with Gasteiger partial charge in [-0.1, -0.05) is 48.5 Å². The fourth-order valence-electron chi connectivity index (χ4n) is 2.92. The van der Waals surface area contributed by atoms with Crippen molar-refractivity contribution in [1.82, 2.24) is 0 Å². The minimum atomic E-state index is -0.521. The smallest absolute Gasteiger partial charge is 0.331 e. The molecule has 0 unspecified atom stereocenters. The van der Waals surface area contributed by atoms with E-state index in [2.05, 4.69) is 0 Å². The van der Waals surface area contributed by atoms with Crippen molar-refractivity contribution in [3.05, 3.63) is 71.8 Å². The first kappa shape index (κ1) is 16.0. The number of rotatable bonds is 4. The summed E-state index contributed by atoms with van der Waals surface area (Å²) >= 11 is 0. The fourth-order valence-corrected chi connectivity index (χ4v) is 2.92. The molecule has 2 aromatic rings. The molecule has 0 bridgehead atoms. The Kier molecular flexibility index (Phi) is 4.75. The lowest BCUT2D eigenvalue weighted by Gasteiger charge is -2.22. The van der Waals surface area contributed by atoms with Gasteiger partial charge in [-0.25, -0.2) is 4.79 Å². The molecule has 2 aromatic carbocycles. The molecular weight excluding hydrogens is 302 g/mol. The summed E-state index contributed by atoms with van der Waals surface area (Å²) in [6.07, 6.45) is 3.83. The van der Waals surface area contributed by atoms with Gasteiger partial charge in [0.2, 0.25) is 0 Å². The third kappa shape index (κ3) is 3.54. The summed E-state index contributed by atoms with van der Waals surface area (Å²) in [6.45, 7) is 1.74. The molecule has 1 heterocycles. The number of anilines is 1. The molecule has 0 saturated heterocycles. The predicted octanol–water partition coefficient (Wildman–Crippen LogP) is 3.22. The van der Waals surface area contributed by atoms with Crippen LogP contribution in [-0.2, 0) is 20.7 Å². The molecule has 0 N–H and O–H groups in total. The summed E-state index contributed by atoms with van der Waals surface area (Å²) in [7, 11) is 0. The number of hydrogen-bond acceptors (Lipinski definition) is 3. The Bertz CT molecular complexity index is 767. The van der Waals surface area contributed by atoms with E-state index >= 15 is 0 Å². The largest absolute Gasteiger partial charge is 0.452 e. The Balaban J connectivity index is 1.58. The van der Waals surface area contributed by atoms with Crippen LogP contribution in [0.5, 0.6) is 0 Å². The molecule has 4 heteroatoms. The van der Waals surface area contributed by atoms with Gasteiger partial charge in [-0.3, -0.25) is 4.79 Å². The highest BCUT2D eigenvalue weighted by molar-refractivity contribution is 5.98. The third-order valence-electron chi connectivity index (χ3n) is 4.03. The summed E-state index contributed by atoms with van der Waals surface area (Å²) in [5.74, 6) is -0.721. The number of carbonyl (C=O) groups excluding carboxylic acids is 2. The lowest BCUT2D eigenvalue weighted by atomic mass is 10.1. The number of ether oxygens (including phenoxy) is 1. The maximum absolute atomic E-state index is 12.4. The zero-order valence-electron chi connectivity index (χ0n) is 13.5. The minimum absolute atomic E-state index is 0.0773. The van der Waals surface area contributed by atoms with Crippen LogP contribution in [0.4, 0.5) is 5.69 Å². The second-order valence-electron chi connectivity index (χ2n) is 5.80. The average Bonchev–Trinajstić information content (AvgIpc) is 2.94. The van der Waals surface area contributed by atoms with Gasteiger partial charge in [-0.05, 0) is 36.6 Å². The molecule has 122 valence electrons. The van der Waals surface area contributed by atoms with E-state index < -0.39 is 5.97 Å². The van der Waals surface area contributed by atoms with E-state index in [-0.39, 0.29) is 18.6 Å². The molecule has 3 rings (SSSR count). The van der Waals surface area contributed by atoms with E-state index in [1.54, 1.807) is 11.0 Å². The van der Waals surface area contributed by atoms with Crippen molar-refractivity contribution in [1.29, 1.82) is 0 Å². The van der Waals surface area contributed by atoms with E-state index in [0.29, 0.717) is 0 Å². The van der Waals surface area contributed by atoms with Gasteiger partial charge in [0.25, 0.3) is 5.91 Å². The molecule has 1 amide bonds. The molecule has 24 heavy (non-hydrogen) atoms. The van der Waals surface area contributed by atoms with E-state index in [0.717, 1.165) is 23.2 Å². The van der Waals surface area contributed by atoms with Crippen LogP contribution < -0.4 is 4.90 Å². The number of nitrogens with zero attached hydrogens (tertiary/aromatic N) is 1.